The van der Waals surface area contributed by atoms with Crippen LogP contribution >= 0.6 is 0 Å². The van der Waals surface area contributed by atoms with Crippen molar-refractivity contribution in [2.45, 2.75) is 182 Å². The molecule has 10 unspecified atom stereocenters. The van der Waals surface area contributed by atoms with Gasteiger partial charge in [0.25, 0.3) is 0 Å². The Morgan fingerprint density at radius 2 is 1.63 bits per heavy atom. The maximum absolute atomic E-state index is 11.7. The summed E-state index contributed by atoms with van der Waals surface area (Å²) in [6.07, 6.45) is 5.56. The highest BCUT2D eigenvalue weighted by Crippen LogP contribution is 2.35. The van der Waals surface area contributed by atoms with Gasteiger partial charge >= 0.3 is 0 Å². The van der Waals surface area contributed by atoms with Crippen LogP contribution in [0, 0.1) is 23.7 Å². The zero-order chi connectivity index (χ0) is 37.9. The van der Waals surface area contributed by atoms with Crippen LogP contribution < -0.4 is 5.32 Å². The molecule has 0 aromatic carbocycles. The van der Waals surface area contributed by atoms with Gasteiger partial charge in [-0.25, -0.2) is 0 Å². The highest BCUT2D eigenvalue weighted by molar-refractivity contribution is 5.53. The summed E-state index contributed by atoms with van der Waals surface area (Å²) < 4.78 is 27.6. The smallest absolute Gasteiger partial charge is 0.161 e. The topological polar surface area (TPSA) is 139 Å². The zero-order valence-corrected chi connectivity index (χ0v) is 33.7. The van der Waals surface area contributed by atoms with Crippen molar-refractivity contribution in [3.63, 3.8) is 0 Å². The zero-order valence-electron chi connectivity index (χ0n) is 33.7. The summed E-state index contributed by atoms with van der Waals surface area (Å²) >= 11 is 0. The second-order valence-corrected chi connectivity index (χ2v) is 15.4. The van der Waals surface area contributed by atoms with E-state index in [2.05, 4.69) is 49.6 Å². The number of carbonyl (C=O) groups excluding carboxylic acids is 1. The molecule has 49 heavy (non-hydrogen) atoms. The first-order valence-corrected chi connectivity index (χ1v) is 18.8. The van der Waals surface area contributed by atoms with Gasteiger partial charge in [-0.3, -0.25) is 0 Å². The number of aliphatic hydroxyl groups excluding tert-OH is 3. The van der Waals surface area contributed by atoms with Crippen LogP contribution in [-0.2, 0) is 28.5 Å². The number of carbonyl (C=O) groups is 1. The second kappa shape index (κ2) is 25.3. The van der Waals surface area contributed by atoms with Crippen molar-refractivity contribution in [1.82, 2.24) is 10.2 Å². The molecular formula is C38H78N2O9. The van der Waals surface area contributed by atoms with Crippen LogP contribution in [0.5, 0.6) is 0 Å². The van der Waals surface area contributed by atoms with E-state index in [0.717, 1.165) is 38.5 Å². The van der Waals surface area contributed by atoms with Crippen LogP contribution in [0.15, 0.2) is 0 Å². The first kappa shape index (κ1) is 48.3. The maximum Gasteiger partial charge on any atom is 0.161 e. The number of nitrogens with one attached hydrogen (secondary N) is 1. The Labute approximate surface area is 300 Å². The minimum Gasteiger partial charge on any atom is -0.387 e. The second-order valence-electron chi connectivity index (χ2n) is 15.4. The van der Waals surface area contributed by atoms with Crippen molar-refractivity contribution in [2.75, 3.05) is 34.9 Å². The quantitative estimate of drug-likeness (QED) is 0.108. The lowest BCUT2D eigenvalue weighted by Gasteiger charge is -2.45. The Bertz CT molecular complexity index is 825. The minimum absolute atomic E-state index is 0.186. The molecule has 0 spiro atoms. The number of nitrogens with zero attached hydrogens (tertiary/aromatic N) is 1. The largest absolute Gasteiger partial charge is 0.387 e. The van der Waals surface area contributed by atoms with Crippen LogP contribution in [0.25, 0.3) is 0 Å². The van der Waals surface area contributed by atoms with E-state index in [0.29, 0.717) is 36.8 Å². The van der Waals surface area contributed by atoms with E-state index in [9.17, 15) is 15.0 Å². The fourth-order valence-electron chi connectivity index (χ4n) is 6.85. The van der Waals surface area contributed by atoms with E-state index in [1.807, 2.05) is 48.7 Å². The fraction of sp³-hybridized carbons (Fsp3) is 0.974. The van der Waals surface area contributed by atoms with Gasteiger partial charge in [-0.15, -0.1) is 0 Å². The summed E-state index contributed by atoms with van der Waals surface area (Å²) in [5, 5.41) is 31.8. The third-order valence-corrected chi connectivity index (χ3v) is 10.0. The number of aldehydes is 1. The molecule has 0 amide bonds. The van der Waals surface area contributed by atoms with Gasteiger partial charge in [0, 0.05) is 45.1 Å². The lowest BCUT2D eigenvalue weighted by Crippen LogP contribution is -2.57. The molecule has 4 N–H and O–H groups in total. The van der Waals surface area contributed by atoms with Gasteiger partial charge in [-0.05, 0) is 98.2 Å². The molecule has 14 atom stereocenters. The van der Waals surface area contributed by atoms with Crippen molar-refractivity contribution in [3.8, 4) is 0 Å². The number of aliphatic hydroxyl groups is 3. The average Bonchev–Trinajstić information content (AvgIpc) is 3.04. The first-order chi connectivity index (χ1) is 22.9. The van der Waals surface area contributed by atoms with Gasteiger partial charge in [-0.2, -0.15) is 0 Å². The lowest BCUT2D eigenvalue weighted by molar-refractivity contribution is -0.294. The number of ether oxygens (including phenoxy) is 5. The van der Waals surface area contributed by atoms with E-state index in [1.165, 1.54) is 20.0 Å². The van der Waals surface area contributed by atoms with Crippen LogP contribution in [0.4, 0.5) is 0 Å². The van der Waals surface area contributed by atoms with E-state index in [-0.39, 0.29) is 24.0 Å². The Hall–Kier alpha value is -0.730. The van der Waals surface area contributed by atoms with Gasteiger partial charge in [0.15, 0.2) is 18.9 Å². The monoisotopic (exact) mass is 707 g/mol. The Balaban J connectivity index is 0.00000110. The molecule has 2 aliphatic heterocycles. The van der Waals surface area contributed by atoms with Crippen molar-refractivity contribution < 1.29 is 43.8 Å². The van der Waals surface area contributed by atoms with E-state index in [4.69, 9.17) is 24.1 Å². The highest BCUT2D eigenvalue weighted by Gasteiger charge is 2.46. The van der Waals surface area contributed by atoms with Gasteiger partial charge < -0.3 is 54.0 Å². The van der Waals surface area contributed by atoms with E-state index < -0.39 is 36.7 Å². The molecule has 2 rings (SSSR count). The molecule has 0 saturated carbocycles. The van der Waals surface area contributed by atoms with Crippen LogP contribution in [0.3, 0.4) is 0 Å². The predicted octanol–water partition coefficient (Wildman–Crippen LogP) is 5.37. The molecule has 11 nitrogen and oxygen atoms in total. The maximum atomic E-state index is 11.7. The normalized spacial score (nSPS) is 31.6. The van der Waals surface area contributed by atoms with Gasteiger partial charge in [0.2, 0.25) is 0 Å². The third kappa shape index (κ3) is 19.1. The number of rotatable bonds is 18. The molecule has 0 aromatic rings. The number of hydrogen-bond acceptors (Lipinski definition) is 11. The van der Waals surface area contributed by atoms with Gasteiger partial charge in [0.1, 0.15) is 12.4 Å². The van der Waals surface area contributed by atoms with Crippen molar-refractivity contribution in [1.29, 1.82) is 0 Å². The Morgan fingerprint density at radius 3 is 2.10 bits per heavy atom. The third-order valence-electron chi connectivity index (χ3n) is 10.0. The molecular weight excluding hydrogens is 628 g/mol. The minimum atomic E-state index is -0.732. The Morgan fingerprint density at radius 1 is 1.00 bits per heavy atom. The summed E-state index contributed by atoms with van der Waals surface area (Å²) in [5.74, 6) is 1.19. The van der Waals surface area contributed by atoms with Crippen molar-refractivity contribution in [3.05, 3.63) is 0 Å². The van der Waals surface area contributed by atoms with Crippen molar-refractivity contribution >= 4 is 6.29 Å². The number of methoxy groups -OCH3 is 2. The first-order valence-electron chi connectivity index (χ1n) is 18.8. The van der Waals surface area contributed by atoms with Crippen LogP contribution in [0.2, 0.25) is 0 Å². The predicted molar refractivity (Wildman–Crippen MR) is 196 cm³/mol. The standard InChI is InChI=1S/C26H51NO5.C8H17NO2.C4H10O2/c1-10-11-17(2)15-27-21(6)13-18(3)12-19(4)24(20(5)16-28)32-23-14-26(8,30-9)25(29)22(7)31-23;1-6-4-7(9(2)3)5-8(10)11-6;1-3-4(5)6-2/h16-25,27,29H,10-15H2,1-9H3;6-8,10H,4-5H2,1-3H3;4-5H,3H2,1-2H3/t17-,18?,19?,20?,21-,22+,23?,24?,25?,26-;;/m1../s1. The molecule has 0 radical (unpaired) electrons. The molecule has 11 heteroatoms. The number of hydrogen-bond donors (Lipinski definition) is 4. The van der Waals surface area contributed by atoms with Gasteiger partial charge in [0.05, 0.1) is 23.9 Å². The summed E-state index contributed by atoms with van der Waals surface area (Å²) in [4.78, 5) is 13.8. The van der Waals surface area contributed by atoms with Crippen LogP contribution in [0.1, 0.15) is 121 Å². The summed E-state index contributed by atoms with van der Waals surface area (Å²) in [6.45, 7) is 21.8. The van der Waals surface area contributed by atoms with Crippen molar-refractivity contribution in [2.24, 2.45) is 23.7 Å². The van der Waals surface area contributed by atoms with Gasteiger partial charge in [-0.1, -0.05) is 48.0 Å². The molecule has 0 aromatic heterocycles. The SMILES string of the molecule is CC1CC(N(C)C)CC(O)O1.CCC(O)OC.CCC[C@@H](C)CN[C@H](C)CC(C)CC(C)C(OC1C[C@@](C)(OC)C(O)[C@H](C)O1)C(C)C=O. The Kier molecular flexibility index (Phi) is 24.9. The lowest BCUT2D eigenvalue weighted by atomic mass is 9.84. The molecule has 294 valence electrons. The average molecular weight is 707 g/mol. The highest BCUT2D eigenvalue weighted by atomic mass is 16.7. The summed E-state index contributed by atoms with van der Waals surface area (Å²) in [6, 6.07) is 0.930. The molecule has 0 aliphatic carbocycles. The molecule has 2 aliphatic rings. The van der Waals surface area contributed by atoms with E-state index >= 15 is 0 Å². The summed E-state index contributed by atoms with van der Waals surface area (Å²) in [5.41, 5.74) is -0.732. The molecule has 2 heterocycles. The molecule has 2 fully saturated rings. The summed E-state index contributed by atoms with van der Waals surface area (Å²) in [7, 11) is 7.16. The molecule has 0 bridgehead atoms. The van der Waals surface area contributed by atoms with Crippen LogP contribution in [-0.4, -0.2) is 122 Å². The molecule has 2 saturated heterocycles. The van der Waals surface area contributed by atoms with E-state index in [1.54, 1.807) is 7.11 Å². The fourth-order valence-corrected chi connectivity index (χ4v) is 6.85.